The zero-order valence-electron chi connectivity index (χ0n) is 11.0. The lowest BCUT2D eigenvalue weighted by molar-refractivity contribution is -0.0647. The first kappa shape index (κ1) is 13.7. The summed E-state index contributed by atoms with van der Waals surface area (Å²) >= 11 is 0. The minimum absolute atomic E-state index is 0.0212. The zero-order valence-corrected chi connectivity index (χ0v) is 11.0. The quantitative estimate of drug-likeness (QED) is 0.556. The third-order valence-corrected chi connectivity index (χ3v) is 3.65. The van der Waals surface area contributed by atoms with Gasteiger partial charge in [0.2, 0.25) is 0 Å². The molecule has 0 heterocycles. The molecule has 0 saturated carbocycles. The van der Waals surface area contributed by atoms with Crippen LogP contribution in [-0.2, 0) is 4.74 Å². The molecule has 0 aromatic heterocycles. The number of aliphatic hydroxyl groups is 1. The van der Waals surface area contributed by atoms with Gasteiger partial charge in [0.05, 0.1) is 5.60 Å². The van der Waals surface area contributed by atoms with E-state index in [0.29, 0.717) is 5.92 Å². The molecule has 1 unspecified atom stereocenters. The summed E-state index contributed by atoms with van der Waals surface area (Å²) in [7, 11) is 0. The number of rotatable bonds is 6. The lowest BCUT2D eigenvalue weighted by Gasteiger charge is -2.36. The highest BCUT2D eigenvalue weighted by molar-refractivity contribution is 5.05. The van der Waals surface area contributed by atoms with Crippen LogP contribution in [0.5, 0.6) is 0 Å². The molecule has 16 heavy (non-hydrogen) atoms. The van der Waals surface area contributed by atoms with Crippen molar-refractivity contribution in [1.29, 1.82) is 0 Å². The molecule has 0 amide bonds. The van der Waals surface area contributed by atoms with Gasteiger partial charge < -0.3 is 9.84 Å². The Labute approximate surface area is 99.7 Å². The predicted octanol–water partition coefficient (Wildman–Crippen LogP) is 3.30. The number of hydrogen-bond acceptors (Lipinski definition) is 2. The van der Waals surface area contributed by atoms with Crippen LogP contribution in [0.3, 0.4) is 0 Å². The van der Waals surface area contributed by atoms with Gasteiger partial charge in [-0.25, -0.2) is 0 Å². The molecule has 1 aliphatic rings. The number of allylic oxidation sites excluding steroid dienone is 2. The Balaban J connectivity index is 2.32. The van der Waals surface area contributed by atoms with E-state index < -0.39 is 0 Å². The van der Waals surface area contributed by atoms with Crippen molar-refractivity contribution < 1.29 is 9.84 Å². The van der Waals surface area contributed by atoms with Crippen LogP contribution < -0.4 is 0 Å². The SMILES string of the molecule is CC1=CCC(C(C)(C)OCCCCO)CC1. The van der Waals surface area contributed by atoms with Crippen molar-refractivity contribution in [2.24, 2.45) is 5.92 Å². The van der Waals surface area contributed by atoms with Crippen molar-refractivity contribution in [3.63, 3.8) is 0 Å². The van der Waals surface area contributed by atoms with Crippen LogP contribution in [0.2, 0.25) is 0 Å². The van der Waals surface area contributed by atoms with Crippen molar-refractivity contribution in [3.8, 4) is 0 Å². The Morgan fingerprint density at radius 1 is 1.44 bits per heavy atom. The molecule has 1 aliphatic carbocycles. The summed E-state index contributed by atoms with van der Waals surface area (Å²) < 4.78 is 5.97. The summed E-state index contributed by atoms with van der Waals surface area (Å²) in [6.07, 6.45) is 7.77. The van der Waals surface area contributed by atoms with Crippen LogP contribution in [0.4, 0.5) is 0 Å². The summed E-state index contributed by atoms with van der Waals surface area (Å²) in [5.41, 5.74) is 1.50. The minimum atomic E-state index is -0.0212. The zero-order chi connectivity index (χ0) is 12.0. The third kappa shape index (κ3) is 4.26. The number of hydrogen-bond donors (Lipinski definition) is 1. The lowest BCUT2D eigenvalue weighted by atomic mass is 9.79. The lowest BCUT2D eigenvalue weighted by Crippen LogP contribution is -2.35. The van der Waals surface area contributed by atoms with E-state index in [9.17, 15) is 0 Å². The second-order valence-corrected chi connectivity index (χ2v) is 5.40. The van der Waals surface area contributed by atoms with E-state index in [-0.39, 0.29) is 12.2 Å². The van der Waals surface area contributed by atoms with Crippen LogP contribution in [0.15, 0.2) is 11.6 Å². The standard InChI is InChI=1S/C14H26O2/c1-12-6-8-13(9-7-12)14(2,3)16-11-5-4-10-15/h6,13,15H,4-5,7-11H2,1-3H3. The van der Waals surface area contributed by atoms with Gasteiger partial charge in [0.25, 0.3) is 0 Å². The first-order chi connectivity index (χ1) is 7.56. The van der Waals surface area contributed by atoms with E-state index >= 15 is 0 Å². The molecule has 0 aromatic rings. The Hall–Kier alpha value is -0.340. The summed E-state index contributed by atoms with van der Waals surface area (Å²) in [4.78, 5) is 0. The highest BCUT2D eigenvalue weighted by Gasteiger charge is 2.30. The van der Waals surface area contributed by atoms with Crippen molar-refractivity contribution in [2.75, 3.05) is 13.2 Å². The van der Waals surface area contributed by atoms with Crippen LogP contribution in [0.1, 0.15) is 52.9 Å². The van der Waals surface area contributed by atoms with Gasteiger partial charge in [0, 0.05) is 13.2 Å². The third-order valence-electron chi connectivity index (χ3n) is 3.65. The normalized spacial score (nSPS) is 22.0. The highest BCUT2D eigenvalue weighted by atomic mass is 16.5. The molecule has 2 nitrogen and oxygen atoms in total. The molecule has 0 bridgehead atoms. The molecular weight excluding hydrogens is 200 g/mol. The number of unbranched alkanes of at least 4 members (excludes halogenated alkanes) is 1. The van der Waals surface area contributed by atoms with Crippen LogP contribution >= 0.6 is 0 Å². The Morgan fingerprint density at radius 3 is 2.75 bits per heavy atom. The Kier molecular flexibility index (Phi) is 5.50. The maximum Gasteiger partial charge on any atom is 0.0657 e. The van der Waals surface area contributed by atoms with Gasteiger partial charge in [-0.2, -0.15) is 0 Å². The van der Waals surface area contributed by atoms with Crippen molar-refractivity contribution >= 4 is 0 Å². The van der Waals surface area contributed by atoms with Gasteiger partial charge in [0.15, 0.2) is 0 Å². The monoisotopic (exact) mass is 226 g/mol. The summed E-state index contributed by atoms with van der Waals surface area (Å²) in [6.45, 7) is 7.66. The summed E-state index contributed by atoms with van der Waals surface area (Å²) in [6, 6.07) is 0. The first-order valence-corrected chi connectivity index (χ1v) is 6.46. The molecule has 0 aromatic carbocycles. The topological polar surface area (TPSA) is 29.5 Å². The number of ether oxygens (including phenoxy) is 1. The molecule has 1 N–H and O–H groups in total. The molecule has 1 atom stereocenters. The van der Waals surface area contributed by atoms with Gasteiger partial charge in [0.1, 0.15) is 0 Å². The average molecular weight is 226 g/mol. The largest absolute Gasteiger partial charge is 0.396 e. The first-order valence-electron chi connectivity index (χ1n) is 6.46. The van der Waals surface area contributed by atoms with Crippen molar-refractivity contribution in [3.05, 3.63) is 11.6 Å². The van der Waals surface area contributed by atoms with Crippen molar-refractivity contribution in [2.45, 2.75) is 58.5 Å². The van der Waals surface area contributed by atoms with Crippen LogP contribution in [0.25, 0.3) is 0 Å². The predicted molar refractivity (Wildman–Crippen MR) is 67.4 cm³/mol. The maximum absolute atomic E-state index is 8.71. The molecular formula is C14H26O2. The van der Waals surface area contributed by atoms with E-state index in [0.717, 1.165) is 25.9 Å². The maximum atomic E-state index is 8.71. The van der Waals surface area contributed by atoms with Gasteiger partial charge in [-0.1, -0.05) is 11.6 Å². The Morgan fingerprint density at radius 2 is 2.19 bits per heavy atom. The fourth-order valence-corrected chi connectivity index (χ4v) is 2.26. The molecule has 0 radical (unpaired) electrons. The molecule has 2 heteroatoms. The van der Waals surface area contributed by atoms with E-state index in [4.69, 9.17) is 9.84 Å². The van der Waals surface area contributed by atoms with E-state index in [1.54, 1.807) is 0 Å². The van der Waals surface area contributed by atoms with Gasteiger partial charge in [-0.05, 0) is 58.8 Å². The second-order valence-electron chi connectivity index (χ2n) is 5.40. The molecule has 0 saturated heterocycles. The van der Waals surface area contributed by atoms with Crippen LogP contribution in [-0.4, -0.2) is 23.9 Å². The molecule has 0 aliphatic heterocycles. The van der Waals surface area contributed by atoms with Gasteiger partial charge >= 0.3 is 0 Å². The molecule has 0 fully saturated rings. The smallest absolute Gasteiger partial charge is 0.0657 e. The minimum Gasteiger partial charge on any atom is -0.396 e. The summed E-state index contributed by atoms with van der Waals surface area (Å²) in [5.74, 6) is 0.644. The fourth-order valence-electron chi connectivity index (χ4n) is 2.26. The van der Waals surface area contributed by atoms with Gasteiger partial charge in [-0.3, -0.25) is 0 Å². The molecule has 1 rings (SSSR count). The fraction of sp³-hybridized carbons (Fsp3) is 0.857. The van der Waals surface area contributed by atoms with E-state index in [2.05, 4.69) is 26.8 Å². The highest BCUT2D eigenvalue weighted by Crippen LogP contribution is 2.34. The van der Waals surface area contributed by atoms with E-state index in [1.165, 1.54) is 18.4 Å². The summed E-state index contributed by atoms with van der Waals surface area (Å²) in [5, 5.41) is 8.71. The molecule has 0 spiro atoms. The average Bonchev–Trinajstić information content (AvgIpc) is 2.25. The second kappa shape index (κ2) is 6.41. The number of aliphatic hydroxyl groups excluding tert-OH is 1. The van der Waals surface area contributed by atoms with Crippen molar-refractivity contribution in [1.82, 2.24) is 0 Å². The molecule has 94 valence electrons. The van der Waals surface area contributed by atoms with Crippen LogP contribution in [0, 0.1) is 5.92 Å². The van der Waals surface area contributed by atoms with Gasteiger partial charge in [-0.15, -0.1) is 0 Å². The van der Waals surface area contributed by atoms with E-state index in [1.807, 2.05) is 0 Å². The Bertz CT molecular complexity index is 231.